The summed E-state index contributed by atoms with van der Waals surface area (Å²) in [4.78, 5) is 27.8. The second-order valence-electron chi connectivity index (χ2n) is 5.91. The van der Waals surface area contributed by atoms with E-state index in [4.69, 9.17) is 0 Å². The lowest BCUT2D eigenvalue weighted by molar-refractivity contribution is -0.137. The Bertz CT molecular complexity index is 790. The molecule has 0 saturated carbocycles. The van der Waals surface area contributed by atoms with Gasteiger partial charge in [0.25, 0.3) is 5.91 Å². The van der Waals surface area contributed by atoms with E-state index in [1.807, 2.05) is 0 Å². The number of aromatic amines is 1. The highest BCUT2D eigenvalue weighted by Crippen LogP contribution is 2.30. The number of aromatic nitrogens is 1. The van der Waals surface area contributed by atoms with E-state index in [0.29, 0.717) is 19.5 Å². The fourth-order valence-electron chi connectivity index (χ4n) is 2.77. The predicted octanol–water partition coefficient (Wildman–Crippen LogP) is 2.71. The molecule has 0 atom stereocenters. The first-order chi connectivity index (χ1) is 11.3. The topological polar surface area (TPSA) is 53.2 Å². The van der Waals surface area contributed by atoms with E-state index in [0.717, 1.165) is 17.7 Å². The van der Waals surface area contributed by atoms with Gasteiger partial charge in [-0.1, -0.05) is 12.1 Å². The summed E-state index contributed by atoms with van der Waals surface area (Å²) in [6.45, 7) is 1.05. The molecule has 0 spiro atoms. The van der Waals surface area contributed by atoms with Gasteiger partial charge in [0, 0.05) is 31.4 Å². The Labute approximate surface area is 135 Å². The number of halogens is 3. The highest BCUT2D eigenvalue weighted by molar-refractivity contribution is 5.92. The molecule has 0 bridgehead atoms. The minimum Gasteiger partial charge on any atom is -0.357 e. The summed E-state index contributed by atoms with van der Waals surface area (Å²) in [5.74, 6) is -0.0301. The van der Waals surface area contributed by atoms with Crippen molar-refractivity contribution in [3.8, 4) is 0 Å². The van der Waals surface area contributed by atoms with Gasteiger partial charge in [-0.25, -0.2) is 0 Å². The standard InChI is InChI=1S/C17H15F3N2O2/c18-17(19,20)13-3-1-11(2-4-13)7-12-9-22(10-12)16(24)15-8-14(23)5-6-21-15/h1-6,8,12H,7,9-10H2,(H,21,23). The number of alkyl halides is 3. The number of H-pyrrole nitrogens is 1. The number of benzene rings is 1. The lowest BCUT2D eigenvalue weighted by Gasteiger charge is -2.39. The van der Waals surface area contributed by atoms with E-state index in [2.05, 4.69) is 4.98 Å². The molecular weight excluding hydrogens is 321 g/mol. The molecule has 24 heavy (non-hydrogen) atoms. The van der Waals surface area contributed by atoms with Gasteiger partial charge in [0.1, 0.15) is 5.69 Å². The van der Waals surface area contributed by atoms with Gasteiger partial charge in [-0.05, 0) is 30.0 Å². The number of carbonyl (C=O) groups is 1. The molecule has 1 aliphatic rings. The molecule has 1 aromatic carbocycles. The summed E-state index contributed by atoms with van der Waals surface area (Å²) in [5.41, 5.74) is 0.160. The molecule has 2 aromatic rings. The zero-order valence-electron chi connectivity index (χ0n) is 12.6. The van der Waals surface area contributed by atoms with Crippen molar-refractivity contribution in [3.63, 3.8) is 0 Å². The van der Waals surface area contributed by atoms with Crippen LogP contribution in [-0.2, 0) is 12.6 Å². The van der Waals surface area contributed by atoms with Crippen LogP contribution in [0.4, 0.5) is 13.2 Å². The van der Waals surface area contributed by atoms with Crippen LogP contribution >= 0.6 is 0 Å². The molecule has 1 saturated heterocycles. The molecule has 0 unspecified atom stereocenters. The lowest BCUT2D eigenvalue weighted by atomic mass is 9.91. The van der Waals surface area contributed by atoms with Gasteiger partial charge in [0.15, 0.2) is 5.43 Å². The Morgan fingerprint density at radius 2 is 1.83 bits per heavy atom. The molecule has 1 N–H and O–H groups in total. The molecule has 0 aliphatic carbocycles. The molecule has 3 rings (SSSR count). The van der Waals surface area contributed by atoms with E-state index < -0.39 is 11.7 Å². The summed E-state index contributed by atoms with van der Waals surface area (Å²) >= 11 is 0. The number of amides is 1. The number of likely N-dealkylation sites (tertiary alicyclic amines) is 1. The van der Waals surface area contributed by atoms with Crippen LogP contribution in [0.2, 0.25) is 0 Å². The second kappa shape index (κ2) is 6.14. The summed E-state index contributed by atoms with van der Waals surface area (Å²) < 4.78 is 37.6. The molecule has 4 nitrogen and oxygen atoms in total. The smallest absolute Gasteiger partial charge is 0.357 e. The van der Waals surface area contributed by atoms with E-state index >= 15 is 0 Å². The van der Waals surface area contributed by atoms with E-state index in [-0.39, 0.29) is 22.9 Å². The molecule has 7 heteroatoms. The van der Waals surface area contributed by atoms with Crippen molar-refractivity contribution in [2.45, 2.75) is 12.6 Å². The van der Waals surface area contributed by atoms with Crippen LogP contribution in [0.3, 0.4) is 0 Å². The van der Waals surface area contributed by atoms with Crippen LogP contribution < -0.4 is 5.43 Å². The SMILES string of the molecule is O=C(c1cc(=O)cc[nH]1)N1CC(Cc2ccc(C(F)(F)F)cc2)C1. The molecular formula is C17H15F3N2O2. The number of pyridine rings is 1. The predicted molar refractivity (Wildman–Crippen MR) is 81.6 cm³/mol. The van der Waals surface area contributed by atoms with Crippen molar-refractivity contribution in [2.75, 3.05) is 13.1 Å². The van der Waals surface area contributed by atoms with Gasteiger partial charge in [-0.15, -0.1) is 0 Å². The number of nitrogens with one attached hydrogen (secondary N) is 1. The first-order valence-electron chi connectivity index (χ1n) is 7.47. The Morgan fingerprint density at radius 3 is 2.42 bits per heavy atom. The highest BCUT2D eigenvalue weighted by atomic mass is 19.4. The third-order valence-corrected chi connectivity index (χ3v) is 4.05. The number of carbonyl (C=O) groups excluding carboxylic acids is 1. The van der Waals surface area contributed by atoms with Gasteiger partial charge in [-0.2, -0.15) is 13.2 Å². The van der Waals surface area contributed by atoms with Crippen molar-refractivity contribution in [1.82, 2.24) is 9.88 Å². The Hall–Kier alpha value is -2.57. The molecule has 1 fully saturated rings. The zero-order valence-corrected chi connectivity index (χ0v) is 12.6. The fourth-order valence-corrected chi connectivity index (χ4v) is 2.77. The molecule has 1 amide bonds. The third kappa shape index (κ3) is 3.50. The first-order valence-corrected chi connectivity index (χ1v) is 7.47. The minimum atomic E-state index is -4.33. The average molecular weight is 336 g/mol. The van der Waals surface area contributed by atoms with E-state index in [1.54, 1.807) is 4.90 Å². The van der Waals surface area contributed by atoms with Crippen LogP contribution in [0.25, 0.3) is 0 Å². The normalized spacial score (nSPS) is 15.2. The number of hydrogen-bond acceptors (Lipinski definition) is 2. The molecule has 2 heterocycles. The summed E-state index contributed by atoms with van der Waals surface area (Å²) in [5, 5.41) is 0. The van der Waals surface area contributed by atoms with Gasteiger partial charge in [-0.3, -0.25) is 9.59 Å². The molecule has 126 valence electrons. The average Bonchev–Trinajstić information content (AvgIpc) is 2.49. The Morgan fingerprint density at radius 1 is 1.17 bits per heavy atom. The van der Waals surface area contributed by atoms with Crippen LogP contribution in [0.15, 0.2) is 47.4 Å². The van der Waals surface area contributed by atoms with E-state index in [1.165, 1.54) is 30.5 Å². The van der Waals surface area contributed by atoms with Crippen molar-refractivity contribution in [2.24, 2.45) is 5.92 Å². The van der Waals surface area contributed by atoms with Gasteiger partial charge >= 0.3 is 6.18 Å². The summed E-state index contributed by atoms with van der Waals surface area (Å²) in [6, 6.07) is 7.69. The third-order valence-electron chi connectivity index (χ3n) is 4.05. The zero-order chi connectivity index (χ0) is 17.3. The summed E-state index contributed by atoms with van der Waals surface area (Å²) in [7, 11) is 0. The maximum atomic E-state index is 12.5. The molecule has 1 aliphatic heterocycles. The first kappa shape index (κ1) is 16.3. The van der Waals surface area contributed by atoms with Gasteiger partial charge in [0.05, 0.1) is 5.56 Å². The van der Waals surface area contributed by atoms with E-state index in [9.17, 15) is 22.8 Å². The van der Waals surface area contributed by atoms with Crippen molar-refractivity contribution in [3.05, 3.63) is 69.6 Å². The monoisotopic (exact) mass is 336 g/mol. The van der Waals surface area contributed by atoms with Crippen LogP contribution in [-0.4, -0.2) is 28.9 Å². The molecule has 1 aromatic heterocycles. The summed E-state index contributed by atoms with van der Waals surface area (Å²) in [6.07, 6.45) is -2.28. The van der Waals surface area contributed by atoms with Crippen molar-refractivity contribution in [1.29, 1.82) is 0 Å². The largest absolute Gasteiger partial charge is 0.416 e. The Balaban J connectivity index is 1.55. The molecule has 0 radical (unpaired) electrons. The van der Waals surface area contributed by atoms with Crippen molar-refractivity contribution < 1.29 is 18.0 Å². The maximum absolute atomic E-state index is 12.5. The Kier molecular flexibility index (Phi) is 4.17. The van der Waals surface area contributed by atoms with Crippen LogP contribution in [0, 0.1) is 5.92 Å². The van der Waals surface area contributed by atoms with Crippen molar-refractivity contribution >= 4 is 5.91 Å². The van der Waals surface area contributed by atoms with Gasteiger partial charge in [0.2, 0.25) is 0 Å². The lowest BCUT2D eigenvalue weighted by Crippen LogP contribution is -2.51. The van der Waals surface area contributed by atoms with Crippen LogP contribution in [0.5, 0.6) is 0 Å². The number of nitrogens with zero attached hydrogens (tertiary/aromatic N) is 1. The van der Waals surface area contributed by atoms with Gasteiger partial charge < -0.3 is 9.88 Å². The maximum Gasteiger partial charge on any atom is 0.416 e. The second-order valence-corrected chi connectivity index (χ2v) is 5.91. The number of hydrogen-bond donors (Lipinski definition) is 1. The minimum absolute atomic E-state index is 0.209. The number of rotatable bonds is 3. The van der Waals surface area contributed by atoms with Crippen LogP contribution in [0.1, 0.15) is 21.6 Å². The fraction of sp³-hybridized carbons (Fsp3) is 0.294. The highest BCUT2D eigenvalue weighted by Gasteiger charge is 2.32. The quantitative estimate of drug-likeness (QED) is 0.937.